The van der Waals surface area contributed by atoms with Gasteiger partial charge in [0.25, 0.3) is 11.8 Å². The van der Waals surface area contributed by atoms with Crippen molar-refractivity contribution in [1.82, 2.24) is 4.90 Å². The summed E-state index contributed by atoms with van der Waals surface area (Å²) < 4.78 is 32.2. The molecule has 0 unspecified atom stereocenters. The fourth-order valence-corrected chi connectivity index (χ4v) is 4.55. The Morgan fingerprint density at radius 3 is 2.37 bits per heavy atom. The van der Waals surface area contributed by atoms with E-state index in [4.69, 9.17) is 4.74 Å². The topological polar surface area (TPSA) is 79.0 Å². The summed E-state index contributed by atoms with van der Waals surface area (Å²) in [5.74, 6) is -3.58. The minimum Gasteiger partial charge on any atom is -0.455 e. The number of rotatable bonds is 6. The average molecular weight is 486 g/mol. The van der Waals surface area contributed by atoms with E-state index >= 15 is 0 Å². The van der Waals surface area contributed by atoms with Gasteiger partial charge in [-0.1, -0.05) is 0 Å². The summed E-state index contributed by atoms with van der Waals surface area (Å²) in [5.41, 5.74) is 2.54. The molecule has 0 atom stereocenters. The molecule has 0 spiro atoms. The minimum atomic E-state index is -0.913. The molecule has 0 aromatic heterocycles. The summed E-state index contributed by atoms with van der Waals surface area (Å²) in [6.45, 7) is 4.09. The van der Waals surface area contributed by atoms with Crippen LogP contribution in [0.25, 0.3) is 0 Å². The number of benzene rings is 2. The van der Waals surface area contributed by atoms with E-state index < -0.39 is 41.9 Å². The first-order valence-electron chi connectivity index (χ1n) is 11.9. The van der Waals surface area contributed by atoms with Crippen LogP contribution < -0.4 is 10.2 Å². The third-order valence-corrected chi connectivity index (χ3v) is 6.58. The van der Waals surface area contributed by atoms with Crippen LogP contribution in [0, 0.1) is 24.5 Å². The van der Waals surface area contributed by atoms with Gasteiger partial charge in [0.05, 0.1) is 11.5 Å². The number of anilines is 2. The summed E-state index contributed by atoms with van der Waals surface area (Å²) in [5, 5.41) is 2.79. The first-order chi connectivity index (χ1) is 16.8. The van der Waals surface area contributed by atoms with Gasteiger partial charge < -0.3 is 19.9 Å². The van der Waals surface area contributed by atoms with Gasteiger partial charge >= 0.3 is 5.97 Å². The van der Waals surface area contributed by atoms with E-state index in [-0.39, 0.29) is 18.7 Å². The second kappa shape index (κ2) is 10.8. The van der Waals surface area contributed by atoms with Gasteiger partial charge in [0.1, 0.15) is 11.6 Å². The van der Waals surface area contributed by atoms with Crippen molar-refractivity contribution in [2.24, 2.45) is 5.92 Å². The Labute approximate surface area is 203 Å². The molecule has 35 heavy (non-hydrogen) atoms. The highest BCUT2D eigenvalue weighted by atomic mass is 19.1. The number of aryl methyl sites for hydroxylation is 1. The van der Waals surface area contributed by atoms with Crippen LogP contribution >= 0.6 is 0 Å². The number of ether oxygens (including phenoxy) is 1. The van der Waals surface area contributed by atoms with Gasteiger partial charge in [0.2, 0.25) is 0 Å². The fourth-order valence-electron chi connectivity index (χ4n) is 4.55. The van der Waals surface area contributed by atoms with Crippen LogP contribution in [0.1, 0.15) is 41.6 Å². The highest BCUT2D eigenvalue weighted by Crippen LogP contribution is 2.26. The third kappa shape index (κ3) is 5.96. The second-order valence-corrected chi connectivity index (χ2v) is 9.04. The third-order valence-electron chi connectivity index (χ3n) is 6.58. The molecule has 0 aliphatic carbocycles. The Balaban J connectivity index is 1.22. The van der Waals surface area contributed by atoms with Crippen molar-refractivity contribution >= 4 is 29.2 Å². The van der Waals surface area contributed by atoms with Crippen LogP contribution in [0.2, 0.25) is 0 Å². The van der Waals surface area contributed by atoms with Crippen molar-refractivity contribution in [2.75, 3.05) is 43.0 Å². The molecule has 2 saturated heterocycles. The largest absolute Gasteiger partial charge is 0.455 e. The quantitative estimate of drug-likeness (QED) is 0.628. The van der Waals surface area contributed by atoms with E-state index in [2.05, 4.69) is 10.2 Å². The van der Waals surface area contributed by atoms with Crippen LogP contribution in [0.4, 0.5) is 20.2 Å². The number of halogens is 2. The van der Waals surface area contributed by atoms with Crippen LogP contribution in [-0.2, 0) is 14.3 Å². The minimum absolute atomic E-state index is 0.201. The first kappa shape index (κ1) is 24.6. The molecule has 2 fully saturated rings. The van der Waals surface area contributed by atoms with Crippen molar-refractivity contribution in [3.05, 3.63) is 59.2 Å². The zero-order chi connectivity index (χ0) is 24.9. The molecule has 2 heterocycles. The Morgan fingerprint density at radius 1 is 1.00 bits per heavy atom. The summed E-state index contributed by atoms with van der Waals surface area (Å²) in [6, 6.07) is 8.71. The highest BCUT2D eigenvalue weighted by Gasteiger charge is 2.30. The predicted octanol–water partition coefficient (Wildman–Crippen LogP) is 3.91. The van der Waals surface area contributed by atoms with Gasteiger partial charge in [0, 0.05) is 43.6 Å². The number of amides is 2. The number of piperidine rings is 1. The Hall–Kier alpha value is -3.49. The van der Waals surface area contributed by atoms with Crippen molar-refractivity contribution < 1.29 is 27.9 Å². The normalized spacial score (nSPS) is 16.3. The maximum atomic E-state index is 13.9. The molecule has 9 heteroatoms. The molecule has 4 rings (SSSR count). The molecular formula is C26H29F2N3O4. The lowest BCUT2D eigenvalue weighted by Gasteiger charge is -2.31. The van der Waals surface area contributed by atoms with E-state index in [1.165, 1.54) is 17.7 Å². The van der Waals surface area contributed by atoms with E-state index in [9.17, 15) is 23.2 Å². The van der Waals surface area contributed by atoms with Crippen molar-refractivity contribution in [2.45, 2.75) is 32.6 Å². The summed E-state index contributed by atoms with van der Waals surface area (Å²) in [6.07, 6.45) is 3.05. The van der Waals surface area contributed by atoms with Crippen molar-refractivity contribution in [1.29, 1.82) is 0 Å². The van der Waals surface area contributed by atoms with Gasteiger partial charge in [-0.15, -0.1) is 0 Å². The molecular weight excluding hydrogens is 456 g/mol. The van der Waals surface area contributed by atoms with Gasteiger partial charge in [-0.05, 0) is 68.5 Å². The fraction of sp³-hybridized carbons (Fsp3) is 0.423. The number of hydrogen-bond acceptors (Lipinski definition) is 5. The highest BCUT2D eigenvalue weighted by molar-refractivity contribution is 5.95. The smallest absolute Gasteiger partial charge is 0.309 e. The number of likely N-dealkylation sites (tertiary alicyclic amines) is 1. The Kier molecular flexibility index (Phi) is 7.63. The van der Waals surface area contributed by atoms with Gasteiger partial charge in [0.15, 0.2) is 6.61 Å². The van der Waals surface area contributed by atoms with E-state index in [0.29, 0.717) is 24.6 Å². The van der Waals surface area contributed by atoms with Gasteiger partial charge in [-0.3, -0.25) is 14.4 Å². The lowest BCUT2D eigenvalue weighted by molar-refractivity contribution is -0.152. The van der Waals surface area contributed by atoms with E-state index in [0.717, 1.165) is 36.5 Å². The summed E-state index contributed by atoms with van der Waals surface area (Å²) in [4.78, 5) is 41.0. The molecule has 186 valence electrons. The van der Waals surface area contributed by atoms with Crippen molar-refractivity contribution in [3.63, 3.8) is 0 Å². The Bertz CT molecular complexity index is 1110. The van der Waals surface area contributed by atoms with Crippen molar-refractivity contribution in [3.8, 4) is 0 Å². The zero-order valence-corrected chi connectivity index (χ0v) is 19.7. The molecule has 0 saturated carbocycles. The lowest BCUT2D eigenvalue weighted by atomic mass is 9.96. The first-order valence-corrected chi connectivity index (χ1v) is 11.9. The molecule has 2 aromatic carbocycles. The van der Waals surface area contributed by atoms with E-state index in [1.807, 2.05) is 25.1 Å². The molecule has 2 aliphatic rings. The number of hydrogen-bond donors (Lipinski definition) is 1. The van der Waals surface area contributed by atoms with Crippen LogP contribution in [-0.4, -0.2) is 55.5 Å². The molecule has 2 aliphatic heterocycles. The zero-order valence-electron chi connectivity index (χ0n) is 19.7. The second-order valence-electron chi connectivity index (χ2n) is 9.04. The monoisotopic (exact) mass is 485 g/mol. The predicted molar refractivity (Wildman–Crippen MR) is 127 cm³/mol. The van der Waals surface area contributed by atoms with Crippen LogP contribution in [0.5, 0.6) is 0 Å². The standard InChI is InChI=1S/C26H29F2N3O4/c1-17-14-20(30-10-2-3-11-30)5-7-23(17)29-24(32)16-35-26(34)18-8-12-31(13-9-18)25(33)21-6-4-19(27)15-22(21)28/h4-7,14-15,18H,2-3,8-13,16H2,1H3,(H,29,32). The van der Waals surface area contributed by atoms with E-state index in [1.54, 1.807) is 0 Å². The summed E-state index contributed by atoms with van der Waals surface area (Å²) in [7, 11) is 0. The Morgan fingerprint density at radius 2 is 1.71 bits per heavy atom. The lowest BCUT2D eigenvalue weighted by Crippen LogP contribution is -2.41. The number of carbonyl (C=O) groups excluding carboxylic acids is 3. The van der Waals surface area contributed by atoms with Crippen LogP contribution in [0.3, 0.4) is 0 Å². The maximum Gasteiger partial charge on any atom is 0.309 e. The molecule has 2 amide bonds. The van der Waals surface area contributed by atoms with Gasteiger partial charge in [-0.25, -0.2) is 8.78 Å². The molecule has 7 nitrogen and oxygen atoms in total. The number of nitrogens with zero attached hydrogens (tertiary/aromatic N) is 2. The molecule has 0 radical (unpaired) electrons. The summed E-state index contributed by atoms with van der Waals surface area (Å²) >= 11 is 0. The maximum absolute atomic E-state index is 13.9. The number of esters is 1. The molecule has 0 bridgehead atoms. The van der Waals surface area contributed by atoms with Gasteiger partial charge in [-0.2, -0.15) is 0 Å². The van der Waals surface area contributed by atoms with Crippen LogP contribution in [0.15, 0.2) is 36.4 Å². The number of nitrogens with one attached hydrogen (secondary N) is 1. The molecule has 1 N–H and O–H groups in total. The average Bonchev–Trinajstić information content (AvgIpc) is 3.39. The number of carbonyl (C=O) groups is 3. The SMILES string of the molecule is Cc1cc(N2CCCC2)ccc1NC(=O)COC(=O)C1CCN(C(=O)c2ccc(F)cc2F)CC1. The molecule has 2 aromatic rings.